The Labute approximate surface area is 189 Å². The number of carbonyl (C=O) groups excluding carboxylic acids is 1. The minimum Gasteiger partial charge on any atom is -0.308 e. The van der Waals surface area contributed by atoms with Crippen molar-refractivity contribution in [2.24, 2.45) is 5.92 Å². The lowest BCUT2D eigenvalue weighted by molar-refractivity contribution is -0.137. The lowest BCUT2D eigenvalue weighted by Gasteiger charge is -2.15. The lowest BCUT2D eigenvalue weighted by atomic mass is 10.0. The third kappa shape index (κ3) is 5.73. The van der Waals surface area contributed by atoms with Gasteiger partial charge in [-0.25, -0.2) is 13.2 Å². The van der Waals surface area contributed by atoms with Gasteiger partial charge in [-0.1, -0.05) is 42.5 Å². The largest absolute Gasteiger partial charge is 0.416 e. The number of halogens is 3. The van der Waals surface area contributed by atoms with E-state index in [2.05, 4.69) is 10.6 Å². The third-order valence-electron chi connectivity index (χ3n) is 5.28. The monoisotopic (exact) mass is 474 g/mol. The molecule has 0 atom stereocenters. The first-order valence-corrected chi connectivity index (χ1v) is 11.9. The molecule has 0 heterocycles. The molecule has 1 aliphatic rings. The first-order valence-electron chi connectivity index (χ1n) is 10.3. The molecule has 5 nitrogen and oxygen atoms in total. The predicted molar refractivity (Wildman–Crippen MR) is 121 cm³/mol. The van der Waals surface area contributed by atoms with Crippen LogP contribution in [-0.4, -0.2) is 20.2 Å². The zero-order valence-corrected chi connectivity index (χ0v) is 18.2. The minimum absolute atomic E-state index is 0.0407. The molecule has 3 aromatic carbocycles. The number of amides is 2. The SMILES string of the molecule is O=C(Nc1cccc(C(F)(F)F)c1)Nc1cc(S(=O)(=O)CC2CC2)ccc1-c1ccccc1. The maximum atomic E-state index is 13.0. The summed E-state index contributed by atoms with van der Waals surface area (Å²) in [6, 6.07) is 17.1. The van der Waals surface area contributed by atoms with Gasteiger partial charge >= 0.3 is 12.2 Å². The number of carbonyl (C=O) groups is 1. The average molecular weight is 475 g/mol. The molecule has 0 saturated heterocycles. The molecule has 3 aromatic rings. The van der Waals surface area contributed by atoms with Crippen LogP contribution < -0.4 is 10.6 Å². The fourth-order valence-electron chi connectivity index (χ4n) is 3.44. The number of anilines is 2. The standard InChI is InChI=1S/C24H21F3N2O3S/c25-24(26,27)18-7-4-8-19(13-18)28-23(30)29-22-14-20(33(31,32)15-16-9-10-16)11-12-21(22)17-5-2-1-3-6-17/h1-8,11-14,16H,9-10,15H2,(H2,28,29,30). The van der Waals surface area contributed by atoms with Gasteiger partial charge in [0, 0.05) is 11.3 Å². The molecule has 33 heavy (non-hydrogen) atoms. The van der Waals surface area contributed by atoms with Gasteiger partial charge in [-0.3, -0.25) is 0 Å². The highest BCUT2D eigenvalue weighted by Gasteiger charge is 2.31. The van der Waals surface area contributed by atoms with Crippen LogP contribution in [0.4, 0.5) is 29.3 Å². The van der Waals surface area contributed by atoms with Gasteiger partial charge in [0.1, 0.15) is 0 Å². The topological polar surface area (TPSA) is 75.3 Å². The second kappa shape index (κ2) is 8.90. The number of hydrogen-bond acceptors (Lipinski definition) is 3. The number of benzene rings is 3. The van der Waals surface area contributed by atoms with Crippen molar-refractivity contribution in [3.63, 3.8) is 0 Å². The van der Waals surface area contributed by atoms with Crippen molar-refractivity contribution in [2.75, 3.05) is 16.4 Å². The van der Waals surface area contributed by atoms with Crippen LogP contribution in [0, 0.1) is 5.92 Å². The van der Waals surface area contributed by atoms with Crippen molar-refractivity contribution in [3.8, 4) is 11.1 Å². The Kier molecular flexibility index (Phi) is 6.16. The van der Waals surface area contributed by atoms with E-state index in [4.69, 9.17) is 0 Å². The van der Waals surface area contributed by atoms with Crippen LogP contribution in [0.2, 0.25) is 0 Å². The van der Waals surface area contributed by atoms with Gasteiger partial charge < -0.3 is 10.6 Å². The maximum Gasteiger partial charge on any atom is 0.416 e. The van der Waals surface area contributed by atoms with Crippen molar-refractivity contribution in [1.82, 2.24) is 0 Å². The predicted octanol–water partition coefficient (Wildman–Crippen LogP) is 6.20. The molecule has 1 fully saturated rings. The number of urea groups is 1. The van der Waals surface area contributed by atoms with E-state index < -0.39 is 27.6 Å². The van der Waals surface area contributed by atoms with Crippen LogP contribution in [0.15, 0.2) is 77.7 Å². The number of nitrogens with one attached hydrogen (secondary N) is 2. The molecule has 172 valence electrons. The summed E-state index contributed by atoms with van der Waals surface area (Å²) in [4.78, 5) is 12.7. The number of hydrogen-bond donors (Lipinski definition) is 2. The van der Waals surface area contributed by atoms with Crippen LogP contribution in [0.5, 0.6) is 0 Å². The Balaban J connectivity index is 1.63. The van der Waals surface area contributed by atoms with E-state index in [0.717, 1.165) is 30.5 Å². The molecular weight excluding hydrogens is 453 g/mol. The molecule has 1 aliphatic carbocycles. The fraction of sp³-hybridized carbons (Fsp3) is 0.208. The quantitative estimate of drug-likeness (QED) is 0.447. The fourth-order valence-corrected chi connectivity index (χ4v) is 5.16. The Morgan fingerprint density at radius 2 is 1.64 bits per heavy atom. The van der Waals surface area contributed by atoms with Crippen LogP contribution in [0.3, 0.4) is 0 Å². The van der Waals surface area contributed by atoms with Gasteiger partial charge in [-0.05, 0) is 54.7 Å². The zero-order chi connectivity index (χ0) is 23.6. The third-order valence-corrected chi connectivity index (χ3v) is 7.17. The minimum atomic E-state index is -4.54. The van der Waals surface area contributed by atoms with E-state index in [1.54, 1.807) is 18.2 Å². The van der Waals surface area contributed by atoms with Gasteiger partial charge in [0.05, 0.1) is 21.9 Å². The van der Waals surface area contributed by atoms with E-state index in [-0.39, 0.29) is 27.9 Å². The summed E-state index contributed by atoms with van der Waals surface area (Å²) in [6.07, 6.45) is -2.78. The van der Waals surface area contributed by atoms with Crippen molar-refractivity contribution in [2.45, 2.75) is 23.9 Å². The van der Waals surface area contributed by atoms with Gasteiger partial charge in [0.25, 0.3) is 0 Å². The Morgan fingerprint density at radius 1 is 0.909 bits per heavy atom. The van der Waals surface area contributed by atoms with Crippen molar-refractivity contribution in [1.29, 1.82) is 0 Å². The highest BCUT2D eigenvalue weighted by atomic mass is 32.2. The highest BCUT2D eigenvalue weighted by molar-refractivity contribution is 7.91. The van der Waals surface area contributed by atoms with E-state index in [0.29, 0.717) is 5.56 Å². The van der Waals surface area contributed by atoms with Crippen LogP contribution >= 0.6 is 0 Å². The normalized spacial score (nSPS) is 14.0. The van der Waals surface area contributed by atoms with Gasteiger partial charge in [-0.15, -0.1) is 0 Å². The molecule has 0 aliphatic heterocycles. The van der Waals surface area contributed by atoms with Crippen LogP contribution in [0.25, 0.3) is 11.1 Å². The molecule has 2 N–H and O–H groups in total. The van der Waals surface area contributed by atoms with Gasteiger partial charge in [0.15, 0.2) is 9.84 Å². The Morgan fingerprint density at radius 3 is 2.30 bits per heavy atom. The molecule has 0 aromatic heterocycles. The van der Waals surface area contributed by atoms with Crippen molar-refractivity contribution in [3.05, 3.63) is 78.4 Å². The van der Waals surface area contributed by atoms with Gasteiger partial charge in [0.2, 0.25) is 0 Å². The van der Waals surface area contributed by atoms with E-state index in [1.165, 1.54) is 24.3 Å². The molecule has 0 radical (unpaired) electrons. The number of rotatable bonds is 6. The molecule has 1 saturated carbocycles. The summed E-state index contributed by atoms with van der Waals surface area (Å²) in [6.45, 7) is 0. The molecule has 4 rings (SSSR count). The Hall–Kier alpha value is -3.33. The summed E-state index contributed by atoms with van der Waals surface area (Å²) < 4.78 is 64.4. The van der Waals surface area contributed by atoms with E-state index >= 15 is 0 Å². The first-order chi connectivity index (χ1) is 15.6. The number of alkyl halides is 3. The summed E-state index contributed by atoms with van der Waals surface area (Å²) in [5, 5.41) is 4.98. The lowest BCUT2D eigenvalue weighted by Crippen LogP contribution is -2.20. The van der Waals surface area contributed by atoms with Crippen molar-refractivity contribution < 1.29 is 26.4 Å². The molecule has 0 unspecified atom stereocenters. The Bertz CT molecular complexity index is 1270. The van der Waals surface area contributed by atoms with Crippen LogP contribution in [0.1, 0.15) is 18.4 Å². The summed E-state index contributed by atoms with van der Waals surface area (Å²) in [5.74, 6) is 0.206. The molecule has 0 spiro atoms. The van der Waals surface area contributed by atoms with Crippen molar-refractivity contribution >= 4 is 27.2 Å². The first kappa shape index (κ1) is 22.8. The summed E-state index contributed by atoms with van der Waals surface area (Å²) in [5.41, 5.74) is 0.639. The second-order valence-corrected chi connectivity index (χ2v) is 9.99. The average Bonchev–Trinajstić information content (AvgIpc) is 3.57. The molecule has 9 heteroatoms. The second-order valence-electron chi connectivity index (χ2n) is 7.96. The molecule has 0 bridgehead atoms. The number of sulfone groups is 1. The van der Waals surface area contributed by atoms with E-state index in [1.807, 2.05) is 18.2 Å². The summed E-state index contributed by atoms with van der Waals surface area (Å²) >= 11 is 0. The highest BCUT2D eigenvalue weighted by Crippen LogP contribution is 2.35. The van der Waals surface area contributed by atoms with Crippen LogP contribution in [-0.2, 0) is 16.0 Å². The van der Waals surface area contributed by atoms with Gasteiger partial charge in [-0.2, -0.15) is 13.2 Å². The molecule has 2 amide bonds. The maximum absolute atomic E-state index is 13.0. The summed E-state index contributed by atoms with van der Waals surface area (Å²) in [7, 11) is -3.53. The molecular formula is C24H21F3N2O3S. The smallest absolute Gasteiger partial charge is 0.308 e. The van der Waals surface area contributed by atoms with E-state index in [9.17, 15) is 26.4 Å². The zero-order valence-electron chi connectivity index (χ0n) is 17.4.